The van der Waals surface area contributed by atoms with Crippen molar-refractivity contribution in [3.05, 3.63) is 67.0 Å². The van der Waals surface area contributed by atoms with E-state index in [1.807, 2.05) is 42.5 Å². The van der Waals surface area contributed by atoms with Crippen LogP contribution in [0.3, 0.4) is 0 Å². The van der Waals surface area contributed by atoms with Crippen molar-refractivity contribution < 1.29 is 19.5 Å². The van der Waals surface area contributed by atoms with Crippen molar-refractivity contribution in [2.45, 2.75) is 0 Å². The van der Waals surface area contributed by atoms with Gasteiger partial charge in [0.15, 0.2) is 0 Å². The molecule has 0 saturated heterocycles. The zero-order valence-electron chi connectivity index (χ0n) is 7.00. The van der Waals surface area contributed by atoms with Gasteiger partial charge in [-0.3, -0.25) is 0 Å². The van der Waals surface area contributed by atoms with Crippen molar-refractivity contribution in [2.24, 2.45) is 0 Å². The molecule has 1 aromatic heterocycles. The summed E-state index contributed by atoms with van der Waals surface area (Å²) in [4.78, 5) is 3.66. The number of pyridine rings is 1. The average Bonchev–Trinajstić information content (AvgIpc) is 2.24. The molecular weight excluding hydrogens is 247 g/mol. The number of rotatable bonds is 0. The molecule has 0 spiro atoms. The Morgan fingerprint density at radius 1 is 0.769 bits per heavy atom. The molecule has 0 aliphatic heterocycles. The van der Waals surface area contributed by atoms with Gasteiger partial charge in [0.2, 0.25) is 0 Å². The molecule has 0 aliphatic carbocycles. The summed E-state index contributed by atoms with van der Waals surface area (Å²) >= 11 is 0. The van der Waals surface area contributed by atoms with E-state index in [9.17, 15) is 0 Å². The van der Waals surface area contributed by atoms with E-state index in [2.05, 4.69) is 17.2 Å². The van der Waals surface area contributed by atoms with Crippen molar-refractivity contribution in [3.63, 3.8) is 0 Å². The zero-order chi connectivity index (χ0) is 8.49. The maximum Gasteiger partial charge on any atom is 2.00 e. The van der Waals surface area contributed by atoms with E-state index in [0.29, 0.717) is 0 Å². The van der Waals surface area contributed by atoms with Crippen molar-refractivity contribution in [2.75, 3.05) is 0 Å². The molecular formula is C11H9NRu. The van der Waals surface area contributed by atoms with E-state index in [1.165, 1.54) is 0 Å². The van der Waals surface area contributed by atoms with Gasteiger partial charge in [-0.25, -0.2) is 0 Å². The molecule has 13 heavy (non-hydrogen) atoms. The zero-order valence-corrected chi connectivity index (χ0v) is 8.74. The summed E-state index contributed by atoms with van der Waals surface area (Å²) in [5.74, 6) is 0. The summed E-state index contributed by atoms with van der Waals surface area (Å²) in [6.07, 6.45) is 4.34. The van der Waals surface area contributed by atoms with Crippen LogP contribution in [0.15, 0.2) is 54.7 Å². The summed E-state index contributed by atoms with van der Waals surface area (Å²) in [6.45, 7) is 0. The monoisotopic (exact) mass is 257 g/mol. The van der Waals surface area contributed by atoms with E-state index in [4.69, 9.17) is 0 Å². The van der Waals surface area contributed by atoms with E-state index in [0.717, 1.165) is 0 Å². The number of nitrogens with zero attached hydrogens (tertiary/aromatic N) is 1. The molecule has 0 N–H and O–H groups in total. The Kier molecular flexibility index (Phi) is 8.38. The Morgan fingerprint density at radius 2 is 1.46 bits per heavy atom. The smallest absolute Gasteiger partial charge is 0.394 e. The predicted molar refractivity (Wildman–Crippen MR) is 48.4 cm³/mol. The molecule has 0 unspecified atom stereocenters. The fraction of sp³-hybridized carbons (Fsp3) is 0. The van der Waals surface area contributed by atoms with Crippen molar-refractivity contribution in [1.82, 2.24) is 4.98 Å². The van der Waals surface area contributed by atoms with Gasteiger partial charge in [0, 0.05) is 0 Å². The quantitative estimate of drug-likeness (QED) is 0.521. The standard InChI is InChI=1S/C6H5.C5H4N.Ru/c2*1-2-4-6-5-3-1;/h1-5H;1-4H;/q2*-1;+2. The first kappa shape index (κ1) is 12.0. The molecule has 0 aliphatic rings. The Labute approximate surface area is 91.6 Å². The average molecular weight is 256 g/mol. The van der Waals surface area contributed by atoms with Crippen LogP contribution < -0.4 is 0 Å². The first-order valence-corrected chi connectivity index (χ1v) is 3.68. The van der Waals surface area contributed by atoms with Gasteiger partial charge in [-0.2, -0.15) is 54.6 Å². The molecule has 0 atom stereocenters. The van der Waals surface area contributed by atoms with Crippen molar-refractivity contribution in [1.29, 1.82) is 0 Å². The minimum absolute atomic E-state index is 0. The van der Waals surface area contributed by atoms with Gasteiger partial charge in [-0.05, 0) is 0 Å². The molecule has 66 valence electrons. The maximum absolute atomic E-state index is 3.66. The molecule has 2 heteroatoms. The topological polar surface area (TPSA) is 12.9 Å². The second-order valence-corrected chi connectivity index (χ2v) is 2.04. The minimum Gasteiger partial charge on any atom is -0.394 e. The second kappa shape index (κ2) is 9.08. The number of aromatic nitrogens is 1. The normalized spacial score (nSPS) is 7.38. The van der Waals surface area contributed by atoms with Crippen LogP contribution >= 0.6 is 0 Å². The van der Waals surface area contributed by atoms with Gasteiger partial charge in [-0.1, -0.05) is 12.4 Å². The van der Waals surface area contributed by atoms with Gasteiger partial charge in [-0.15, -0.1) is 0 Å². The summed E-state index contributed by atoms with van der Waals surface area (Å²) in [5.41, 5.74) is 0. The fourth-order valence-corrected chi connectivity index (χ4v) is 0.619. The van der Waals surface area contributed by atoms with Crippen LogP contribution in [-0.2, 0) is 19.5 Å². The molecule has 1 aromatic carbocycles. The molecule has 0 radical (unpaired) electrons. The molecule has 1 nitrogen and oxygen atoms in total. The summed E-state index contributed by atoms with van der Waals surface area (Å²) in [6, 6.07) is 18.0. The Bertz CT molecular complexity index is 185. The van der Waals surface area contributed by atoms with E-state index < -0.39 is 0 Å². The Hall–Kier alpha value is -1.01. The van der Waals surface area contributed by atoms with Gasteiger partial charge in [0.05, 0.1) is 0 Å². The van der Waals surface area contributed by atoms with E-state index >= 15 is 0 Å². The molecule has 0 saturated carbocycles. The summed E-state index contributed by atoms with van der Waals surface area (Å²) in [7, 11) is 0. The van der Waals surface area contributed by atoms with Crippen LogP contribution in [-0.4, -0.2) is 4.98 Å². The Balaban J connectivity index is 0.000000206. The van der Waals surface area contributed by atoms with Crippen LogP contribution in [0.25, 0.3) is 0 Å². The van der Waals surface area contributed by atoms with E-state index in [-0.39, 0.29) is 19.5 Å². The molecule has 2 rings (SSSR count). The fourth-order valence-electron chi connectivity index (χ4n) is 0.619. The number of hydrogen-bond donors (Lipinski definition) is 0. The molecule has 0 amide bonds. The van der Waals surface area contributed by atoms with Crippen LogP contribution in [0.1, 0.15) is 0 Å². The minimum atomic E-state index is 0. The van der Waals surface area contributed by atoms with Crippen LogP contribution in [0, 0.1) is 12.3 Å². The van der Waals surface area contributed by atoms with Gasteiger partial charge in [0.1, 0.15) is 0 Å². The maximum atomic E-state index is 3.66. The van der Waals surface area contributed by atoms with Crippen molar-refractivity contribution in [3.8, 4) is 0 Å². The number of hydrogen-bond acceptors (Lipinski definition) is 1. The Morgan fingerprint density at radius 3 is 1.62 bits per heavy atom. The largest absolute Gasteiger partial charge is 2.00 e. The van der Waals surface area contributed by atoms with Gasteiger partial charge >= 0.3 is 19.5 Å². The molecule has 0 bridgehead atoms. The molecule has 1 heterocycles. The van der Waals surface area contributed by atoms with Crippen LogP contribution in [0.5, 0.6) is 0 Å². The van der Waals surface area contributed by atoms with Crippen LogP contribution in [0.2, 0.25) is 0 Å². The third-order valence-electron chi connectivity index (χ3n) is 1.12. The van der Waals surface area contributed by atoms with Gasteiger partial charge < -0.3 is 4.98 Å². The molecule has 0 fully saturated rings. The first-order chi connectivity index (χ1) is 6.00. The van der Waals surface area contributed by atoms with Gasteiger partial charge in [0.25, 0.3) is 0 Å². The third-order valence-corrected chi connectivity index (χ3v) is 1.12. The molecule has 2 aromatic rings. The summed E-state index contributed by atoms with van der Waals surface area (Å²) in [5, 5.41) is 0. The number of benzene rings is 1. The SMILES string of the molecule is [Ru+2].[c-]1ccccc1.[c-]1ccccn1. The second-order valence-electron chi connectivity index (χ2n) is 2.04. The predicted octanol–water partition coefficient (Wildman–Crippen LogP) is 2.37. The van der Waals surface area contributed by atoms with Crippen LogP contribution in [0.4, 0.5) is 0 Å². The third kappa shape index (κ3) is 7.36. The van der Waals surface area contributed by atoms with Crippen molar-refractivity contribution >= 4 is 0 Å². The summed E-state index contributed by atoms with van der Waals surface area (Å²) < 4.78 is 0. The first-order valence-electron chi connectivity index (χ1n) is 3.68. The van der Waals surface area contributed by atoms with E-state index in [1.54, 1.807) is 12.3 Å².